The van der Waals surface area contributed by atoms with Crippen LogP contribution < -0.4 is 4.90 Å². The zero-order valence-electron chi connectivity index (χ0n) is 27.6. The normalized spacial score (nSPS) is 13.8. The second kappa shape index (κ2) is 9.83. The monoisotopic (exact) mass is 607 g/mol. The number of rotatable bonds is 3. The first-order valence-electron chi connectivity index (χ1n) is 16.6. The summed E-state index contributed by atoms with van der Waals surface area (Å²) < 4.78 is 6.59. The molecule has 0 unspecified atom stereocenters. The molecule has 8 aromatic rings. The molecule has 2 heteroatoms. The highest BCUT2D eigenvalue weighted by Crippen LogP contribution is 2.53. The Morgan fingerprint density at radius 1 is 0.553 bits per heavy atom. The summed E-state index contributed by atoms with van der Waals surface area (Å²) in [7, 11) is 0. The number of nitrogens with zero attached hydrogens (tertiary/aromatic N) is 1. The van der Waals surface area contributed by atoms with E-state index in [-0.39, 0.29) is 10.8 Å². The molecule has 0 spiro atoms. The summed E-state index contributed by atoms with van der Waals surface area (Å²) in [6.45, 7) is 11.5. The van der Waals surface area contributed by atoms with E-state index in [0.29, 0.717) is 0 Å². The summed E-state index contributed by atoms with van der Waals surface area (Å²) in [5, 5.41) is 7.39. The molecule has 228 valence electrons. The van der Waals surface area contributed by atoms with Gasteiger partial charge in [0.15, 0.2) is 5.58 Å². The molecule has 0 radical (unpaired) electrons. The molecule has 0 saturated carbocycles. The molecule has 0 fully saturated rings. The number of para-hydroxylation sites is 2. The number of benzene rings is 7. The van der Waals surface area contributed by atoms with Gasteiger partial charge in [-0.3, -0.25) is 0 Å². The largest absolute Gasteiger partial charge is 0.454 e. The van der Waals surface area contributed by atoms with Gasteiger partial charge in [-0.1, -0.05) is 120 Å². The Morgan fingerprint density at radius 2 is 1.26 bits per heavy atom. The first-order valence-corrected chi connectivity index (χ1v) is 16.6. The number of fused-ring (bicyclic) bond motifs is 9. The van der Waals surface area contributed by atoms with Crippen LogP contribution in [0.25, 0.3) is 54.6 Å². The zero-order chi connectivity index (χ0) is 32.1. The molecule has 0 aliphatic heterocycles. The van der Waals surface area contributed by atoms with Gasteiger partial charge < -0.3 is 9.32 Å². The topological polar surface area (TPSA) is 16.4 Å². The molecule has 2 nitrogen and oxygen atoms in total. The molecule has 0 atom stereocenters. The molecule has 47 heavy (non-hydrogen) atoms. The summed E-state index contributed by atoms with van der Waals surface area (Å²) in [6, 6.07) is 49.0. The molecule has 0 saturated heterocycles. The van der Waals surface area contributed by atoms with Gasteiger partial charge in [0.1, 0.15) is 5.58 Å². The van der Waals surface area contributed by atoms with E-state index in [0.717, 1.165) is 39.0 Å². The van der Waals surface area contributed by atoms with E-state index in [4.69, 9.17) is 4.42 Å². The molecule has 0 bridgehead atoms. The fourth-order valence-electron chi connectivity index (χ4n) is 7.92. The van der Waals surface area contributed by atoms with E-state index in [1.54, 1.807) is 0 Å². The highest BCUT2D eigenvalue weighted by molar-refractivity contribution is 6.10. The van der Waals surface area contributed by atoms with Crippen molar-refractivity contribution in [3.63, 3.8) is 0 Å². The molecule has 1 heterocycles. The predicted molar refractivity (Wildman–Crippen MR) is 200 cm³/mol. The predicted octanol–water partition coefficient (Wildman–Crippen LogP) is 13.0. The standard InChI is InChI=1S/C45H37NO/c1-44(2,3)31-18-20-32(21-19-31)46(40-15-10-14-37-35-13-8-9-16-41(35)47-43(37)40)33-22-24-34-30(25-33)17-23-36-38-26-28-11-6-7-12-29(28)27-39(38)45(4,5)42(34)36/h6-27H,1-5H3. The average molecular weight is 608 g/mol. The molecule has 1 aliphatic rings. The second-order valence-electron chi connectivity index (χ2n) is 14.6. The molecule has 7 aromatic carbocycles. The highest BCUT2D eigenvalue weighted by atomic mass is 16.3. The second-order valence-corrected chi connectivity index (χ2v) is 14.6. The Hall–Kier alpha value is -5.34. The number of hydrogen-bond acceptors (Lipinski definition) is 2. The number of furan rings is 1. The fraction of sp³-hybridized carbons (Fsp3) is 0.156. The Labute approximate surface area is 275 Å². The third kappa shape index (κ3) is 4.17. The fourth-order valence-corrected chi connectivity index (χ4v) is 7.92. The van der Waals surface area contributed by atoms with Gasteiger partial charge in [-0.2, -0.15) is 0 Å². The van der Waals surface area contributed by atoms with E-state index in [1.165, 1.54) is 49.4 Å². The Bertz CT molecular complexity index is 2520. The summed E-state index contributed by atoms with van der Waals surface area (Å²) in [5.41, 5.74) is 11.8. The number of anilines is 3. The van der Waals surface area contributed by atoms with Gasteiger partial charge in [0, 0.05) is 27.6 Å². The van der Waals surface area contributed by atoms with Crippen LogP contribution in [0, 0.1) is 0 Å². The lowest BCUT2D eigenvalue weighted by Gasteiger charge is -2.28. The van der Waals surface area contributed by atoms with E-state index in [1.807, 2.05) is 6.07 Å². The van der Waals surface area contributed by atoms with Crippen LogP contribution in [-0.4, -0.2) is 0 Å². The van der Waals surface area contributed by atoms with Gasteiger partial charge in [-0.25, -0.2) is 0 Å². The maximum Gasteiger partial charge on any atom is 0.159 e. The minimum absolute atomic E-state index is 0.0711. The van der Waals surface area contributed by atoms with Crippen LogP contribution in [0.4, 0.5) is 17.1 Å². The minimum atomic E-state index is -0.113. The van der Waals surface area contributed by atoms with Gasteiger partial charge in [-0.15, -0.1) is 0 Å². The first-order chi connectivity index (χ1) is 22.7. The third-order valence-corrected chi connectivity index (χ3v) is 10.4. The third-order valence-electron chi connectivity index (χ3n) is 10.4. The van der Waals surface area contributed by atoms with Crippen molar-refractivity contribution in [3.8, 4) is 11.1 Å². The molecule has 0 N–H and O–H groups in total. The lowest BCUT2D eigenvalue weighted by atomic mass is 9.80. The van der Waals surface area contributed by atoms with Gasteiger partial charge in [0.05, 0.1) is 5.69 Å². The quantitative estimate of drug-likeness (QED) is 0.199. The van der Waals surface area contributed by atoms with Crippen molar-refractivity contribution < 1.29 is 4.42 Å². The van der Waals surface area contributed by atoms with Crippen molar-refractivity contribution in [2.75, 3.05) is 4.90 Å². The van der Waals surface area contributed by atoms with E-state index < -0.39 is 0 Å². The molecular formula is C45H37NO. The Balaban J connectivity index is 1.25. The SMILES string of the molecule is CC(C)(C)c1ccc(N(c2ccc3c4c(ccc3c2)-c2cc3ccccc3cc2C4(C)C)c2cccc3c2oc2ccccc23)cc1. The number of hydrogen-bond donors (Lipinski definition) is 0. The van der Waals surface area contributed by atoms with Crippen LogP contribution in [0.5, 0.6) is 0 Å². The molecule has 1 aliphatic carbocycles. The van der Waals surface area contributed by atoms with E-state index >= 15 is 0 Å². The summed E-state index contributed by atoms with van der Waals surface area (Å²) in [4.78, 5) is 2.36. The van der Waals surface area contributed by atoms with Crippen LogP contribution in [0.1, 0.15) is 51.3 Å². The highest BCUT2D eigenvalue weighted by Gasteiger charge is 2.37. The molecular weight excluding hydrogens is 571 g/mol. The Kier molecular flexibility index (Phi) is 5.84. The van der Waals surface area contributed by atoms with Crippen molar-refractivity contribution >= 4 is 60.5 Å². The van der Waals surface area contributed by atoms with Crippen molar-refractivity contribution in [1.82, 2.24) is 0 Å². The summed E-state index contributed by atoms with van der Waals surface area (Å²) in [5.74, 6) is 0. The molecule has 0 amide bonds. The van der Waals surface area contributed by atoms with Crippen LogP contribution in [0.15, 0.2) is 138 Å². The lowest BCUT2D eigenvalue weighted by molar-refractivity contribution is 0.590. The zero-order valence-corrected chi connectivity index (χ0v) is 27.6. The van der Waals surface area contributed by atoms with Crippen molar-refractivity contribution in [2.45, 2.75) is 45.4 Å². The smallest absolute Gasteiger partial charge is 0.159 e. The maximum atomic E-state index is 6.59. The molecule has 1 aromatic heterocycles. The summed E-state index contributed by atoms with van der Waals surface area (Å²) in [6.07, 6.45) is 0. The van der Waals surface area contributed by atoms with Gasteiger partial charge in [0.25, 0.3) is 0 Å². The summed E-state index contributed by atoms with van der Waals surface area (Å²) >= 11 is 0. The van der Waals surface area contributed by atoms with Crippen LogP contribution in [0.2, 0.25) is 0 Å². The van der Waals surface area contributed by atoms with Crippen molar-refractivity contribution in [3.05, 3.63) is 150 Å². The Morgan fingerprint density at radius 3 is 2.04 bits per heavy atom. The van der Waals surface area contributed by atoms with Crippen LogP contribution >= 0.6 is 0 Å². The van der Waals surface area contributed by atoms with Crippen LogP contribution in [0.3, 0.4) is 0 Å². The molecule has 9 rings (SSSR count). The average Bonchev–Trinajstić information content (AvgIpc) is 3.56. The van der Waals surface area contributed by atoms with Crippen molar-refractivity contribution in [1.29, 1.82) is 0 Å². The van der Waals surface area contributed by atoms with Gasteiger partial charge in [0.2, 0.25) is 0 Å². The lowest BCUT2D eigenvalue weighted by Crippen LogP contribution is -2.16. The van der Waals surface area contributed by atoms with Gasteiger partial charge >= 0.3 is 0 Å². The van der Waals surface area contributed by atoms with E-state index in [2.05, 4.69) is 167 Å². The van der Waals surface area contributed by atoms with E-state index in [9.17, 15) is 0 Å². The minimum Gasteiger partial charge on any atom is -0.454 e. The van der Waals surface area contributed by atoms with Gasteiger partial charge in [-0.05, 0) is 103 Å². The first kappa shape index (κ1) is 27.9. The van der Waals surface area contributed by atoms with Crippen molar-refractivity contribution in [2.24, 2.45) is 0 Å². The maximum absolute atomic E-state index is 6.59. The van der Waals surface area contributed by atoms with Crippen LogP contribution in [-0.2, 0) is 10.8 Å².